The fraction of sp³-hybridized carbons (Fsp3) is 1.00. The quantitative estimate of drug-likeness (QED) is 0.135. The van der Waals surface area contributed by atoms with Crippen molar-refractivity contribution in [2.45, 2.75) is 81.4 Å². The molecule has 0 amide bonds. The molecule has 0 aromatic carbocycles. The minimum absolute atomic E-state index is 0.672. The Kier molecular flexibility index (Phi) is 11.8. The highest BCUT2D eigenvalue weighted by Crippen LogP contribution is 2.61. The van der Waals surface area contributed by atoms with Gasteiger partial charge in [0.25, 0.3) is 12.8 Å². The first kappa shape index (κ1) is 36.9. The number of halogens is 17. The standard InChI is InChI=1S/C16H19F17O4Si/c1-4-34-38(35-5-2,36-6-3)37-10(21)12(24,25)14(28,29)16(32,33)15(30,31)13(26,27)11(22,23)8(18)7(17)9(19)20/h7-10H,4-6H2,1-3H3. The highest BCUT2D eigenvalue weighted by Gasteiger charge is 2.92. The summed E-state index contributed by atoms with van der Waals surface area (Å²) in [5, 5.41) is 0. The van der Waals surface area contributed by atoms with Crippen LogP contribution in [-0.4, -0.2) is 89.5 Å². The second-order valence-corrected chi connectivity index (χ2v) is 9.06. The lowest BCUT2D eigenvalue weighted by Crippen LogP contribution is -2.73. The van der Waals surface area contributed by atoms with Crippen molar-refractivity contribution in [3.05, 3.63) is 0 Å². The molecule has 0 heterocycles. The van der Waals surface area contributed by atoms with Gasteiger partial charge in [-0.25, -0.2) is 22.0 Å². The van der Waals surface area contributed by atoms with Crippen LogP contribution in [0.3, 0.4) is 0 Å². The zero-order chi connectivity index (χ0) is 30.8. The summed E-state index contributed by atoms with van der Waals surface area (Å²) in [7, 11) is -5.31. The molecule has 0 aliphatic carbocycles. The van der Waals surface area contributed by atoms with E-state index in [4.69, 9.17) is 0 Å². The third-order valence-corrected chi connectivity index (χ3v) is 6.81. The van der Waals surface area contributed by atoms with Crippen LogP contribution in [0.5, 0.6) is 0 Å². The Hall–Kier alpha value is -1.13. The van der Waals surface area contributed by atoms with E-state index in [1.54, 1.807) is 0 Å². The SMILES string of the molecule is CCO[Si](OCC)(OCC)OC(F)C(F)(F)C(F)(F)C(F)(F)C(F)(F)C(F)(F)C(F)(F)C(F)C(F)C(F)F. The summed E-state index contributed by atoms with van der Waals surface area (Å²) in [4.78, 5) is 0. The number of alkyl halides is 17. The van der Waals surface area contributed by atoms with E-state index in [0.717, 1.165) is 20.8 Å². The fourth-order valence-electron chi connectivity index (χ4n) is 2.41. The molecule has 0 radical (unpaired) electrons. The molecule has 4 nitrogen and oxygen atoms in total. The van der Waals surface area contributed by atoms with E-state index in [0.29, 0.717) is 0 Å². The number of hydrogen-bond donors (Lipinski definition) is 0. The van der Waals surface area contributed by atoms with Crippen LogP contribution in [-0.2, 0) is 17.7 Å². The lowest BCUT2D eigenvalue weighted by atomic mass is 9.89. The summed E-state index contributed by atoms with van der Waals surface area (Å²) in [5.74, 6) is -48.2. The van der Waals surface area contributed by atoms with Gasteiger partial charge in [-0.3, -0.25) is 0 Å². The third kappa shape index (κ3) is 6.12. The van der Waals surface area contributed by atoms with E-state index in [1.165, 1.54) is 0 Å². The van der Waals surface area contributed by atoms with Crippen LogP contribution in [0.25, 0.3) is 0 Å². The second kappa shape index (κ2) is 12.2. The molecule has 3 atom stereocenters. The number of hydrogen-bond acceptors (Lipinski definition) is 4. The molecule has 0 saturated carbocycles. The molecule has 230 valence electrons. The summed E-state index contributed by atoms with van der Waals surface area (Å²) >= 11 is 0. The van der Waals surface area contributed by atoms with E-state index < -0.39 is 89.5 Å². The molecule has 0 bridgehead atoms. The topological polar surface area (TPSA) is 36.9 Å². The van der Waals surface area contributed by atoms with E-state index in [2.05, 4.69) is 17.7 Å². The highest BCUT2D eigenvalue weighted by molar-refractivity contribution is 6.53. The van der Waals surface area contributed by atoms with Crippen LogP contribution in [0.15, 0.2) is 0 Å². The molecule has 38 heavy (non-hydrogen) atoms. The van der Waals surface area contributed by atoms with Gasteiger partial charge in [0.1, 0.15) is 0 Å². The third-order valence-electron chi connectivity index (χ3n) is 4.38. The van der Waals surface area contributed by atoms with Crippen LogP contribution >= 0.6 is 0 Å². The van der Waals surface area contributed by atoms with Crippen molar-refractivity contribution in [1.29, 1.82) is 0 Å². The van der Waals surface area contributed by atoms with E-state index >= 15 is 0 Å². The predicted octanol–water partition coefficient (Wildman–Crippen LogP) is 6.60. The van der Waals surface area contributed by atoms with Crippen LogP contribution in [0, 0.1) is 0 Å². The molecular formula is C16H19F17O4Si. The van der Waals surface area contributed by atoms with Crippen molar-refractivity contribution in [2.24, 2.45) is 0 Å². The van der Waals surface area contributed by atoms with E-state index in [-0.39, 0.29) is 0 Å². The van der Waals surface area contributed by atoms with Crippen molar-refractivity contribution in [2.75, 3.05) is 19.8 Å². The molecule has 0 saturated heterocycles. The van der Waals surface area contributed by atoms with Crippen LogP contribution in [0.4, 0.5) is 74.6 Å². The molecule has 3 unspecified atom stereocenters. The lowest BCUT2D eigenvalue weighted by Gasteiger charge is -2.42. The highest BCUT2D eigenvalue weighted by atomic mass is 28.4. The van der Waals surface area contributed by atoms with Crippen molar-refractivity contribution in [3.8, 4) is 0 Å². The number of rotatable bonds is 17. The Morgan fingerprint density at radius 3 is 1.13 bits per heavy atom. The van der Waals surface area contributed by atoms with Crippen LogP contribution in [0.2, 0.25) is 0 Å². The molecule has 0 N–H and O–H groups in total. The zero-order valence-electron chi connectivity index (χ0n) is 19.0. The molecule has 0 rings (SSSR count). The van der Waals surface area contributed by atoms with E-state index in [1.807, 2.05) is 0 Å². The molecule has 0 aliphatic heterocycles. The Balaban J connectivity index is 6.63. The first-order chi connectivity index (χ1) is 16.8. The minimum atomic E-state index is -8.48. The fourth-order valence-corrected chi connectivity index (χ4v) is 4.33. The van der Waals surface area contributed by atoms with E-state index in [9.17, 15) is 74.6 Å². The summed E-state index contributed by atoms with van der Waals surface area (Å²) in [6.45, 7) is 1.09. The van der Waals surface area contributed by atoms with Gasteiger partial charge in [-0.05, 0) is 20.8 Å². The van der Waals surface area contributed by atoms with Gasteiger partial charge in [-0.2, -0.15) is 52.7 Å². The average molecular weight is 626 g/mol. The summed E-state index contributed by atoms with van der Waals surface area (Å²) in [5.41, 5.74) is 0. The summed E-state index contributed by atoms with van der Waals surface area (Å²) < 4.78 is 247. The molecule has 0 aromatic rings. The second-order valence-electron chi connectivity index (χ2n) is 6.96. The Morgan fingerprint density at radius 1 is 0.526 bits per heavy atom. The smallest absolute Gasteiger partial charge is 0.351 e. The molecule has 0 spiro atoms. The van der Waals surface area contributed by atoms with Crippen LogP contribution in [0.1, 0.15) is 20.8 Å². The van der Waals surface area contributed by atoms with Crippen molar-refractivity contribution in [1.82, 2.24) is 0 Å². The normalized spacial score (nSPS) is 17.6. The maximum atomic E-state index is 14.1. The molecule has 0 aliphatic rings. The first-order valence-corrected chi connectivity index (χ1v) is 11.5. The zero-order valence-corrected chi connectivity index (χ0v) is 20.0. The van der Waals surface area contributed by atoms with Gasteiger partial charge in [-0.1, -0.05) is 0 Å². The predicted molar refractivity (Wildman–Crippen MR) is 92.1 cm³/mol. The molecular weight excluding hydrogens is 607 g/mol. The molecule has 0 fully saturated rings. The molecule has 0 aromatic heterocycles. The van der Waals surface area contributed by atoms with Gasteiger partial charge in [0, 0.05) is 19.8 Å². The summed E-state index contributed by atoms with van der Waals surface area (Å²) in [6, 6.07) is 0. The largest absolute Gasteiger partial charge is 0.682 e. The van der Waals surface area contributed by atoms with Gasteiger partial charge in [0.15, 0.2) is 6.17 Å². The molecule has 22 heteroatoms. The maximum Gasteiger partial charge on any atom is 0.682 e. The average Bonchev–Trinajstić information content (AvgIpc) is 2.77. The Bertz CT molecular complexity index is 736. The van der Waals surface area contributed by atoms with Crippen molar-refractivity contribution in [3.63, 3.8) is 0 Å². The Labute approximate surface area is 203 Å². The Morgan fingerprint density at radius 2 is 0.842 bits per heavy atom. The van der Waals surface area contributed by atoms with Crippen molar-refractivity contribution >= 4 is 9.05 Å². The van der Waals surface area contributed by atoms with Gasteiger partial charge >= 0.3 is 44.6 Å². The summed E-state index contributed by atoms with van der Waals surface area (Å²) in [6.07, 6.45) is -20.9. The first-order valence-electron chi connectivity index (χ1n) is 9.89. The van der Waals surface area contributed by atoms with Crippen LogP contribution < -0.4 is 0 Å². The minimum Gasteiger partial charge on any atom is -0.351 e. The monoisotopic (exact) mass is 626 g/mol. The van der Waals surface area contributed by atoms with Gasteiger partial charge in [0.2, 0.25) is 6.17 Å². The van der Waals surface area contributed by atoms with Gasteiger partial charge in [-0.15, -0.1) is 0 Å². The maximum absolute atomic E-state index is 14.1. The van der Waals surface area contributed by atoms with Crippen molar-refractivity contribution < 1.29 is 92.3 Å². The lowest BCUT2D eigenvalue weighted by molar-refractivity contribution is -0.439. The van der Waals surface area contributed by atoms with Gasteiger partial charge in [0.05, 0.1) is 0 Å². The van der Waals surface area contributed by atoms with Gasteiger partial charge < -0.3 is 17.7 Å².